The average molecular weight is 242 g/mol. The van der Waals surface area contributed by atoms with Crippen molar-refractivity contribution in [2.45, 2.75) is 25.8 Å². The van der Waals surface area contributed by atoms with Crippen LogP contribution in [0.2, 0.25) is 0 Å². The van der Waals surface area contributed by atoms with Gasteiger partial charge in [0.05, 0.1) is 6.54 Å². The molecule has 0 spiro atoms. The van der Waals surface area contributed by atoms with Crippen LogP contribution in [0.3, 0.4) is 0 Å². The molecule has 1 aliphatic rings. The molecule has 94 valence electrons. The predicted molar refractivity (Wildman–Crippen MR) is 72.0 cm³/mol. The predicted octanol–water partition coefficient (Wildman–Crippen LogP) is 1.53. The third kappa shape index (κ3) is 3.12. The summed E-state index contributed by atoms with van der Waals surface area (Å²) < 4.78 is 0. The Morgan fingerprint density at radius 2 is 2.28 bits per heavy atom. The quantitative estimate of drug-likeness (QED) is 0.773. The van der Waals surface area contributed by atoms with Gasteiger partial charge in [0.25, 0.3) is 5.91 Å². The normalized spacial score (nSPS) is 21.4. The van der Waals surface area contributed by atoms with Gasteiger partial charge in [-0.25, -0.2) is 0 Å². The first-order valence-corrected chi connectivity index (χ1v) is 6.29. The molecule has 0 aromatic heterocycles. The average Bonchev–Trinajstić information content (AvgIpc) is 2.35. The van der Waals surface area contributed by atoms with Crippen LogP contribution in [-0.2, 0) is 0 Å². The molecule has 0 heterocycles. The number of nitrogens with two attached hydrogens (primary N) is 1. The van der Waals surface area contributed by atoms with Crippen LogP contribution >= 0.6 is 0 Å². The molecule has 3 nitrogen and oxygen atoms in total. The first kappa shape index (κ1) is 12.7. The van der Waals surface area contributed by atoms with Crippen LogP contribution in [-0.4, -0.2) is 18.5 Å². The van der Waals surface area contributed by atoms with Crippen molar-refractivity contribution in [3.05, 3.63) is 35.4 Å². The van der Waals surface area contributed by atoms with Gasteiger partial charge in [-0.3, -0.25) is 4.79 Å². The van der Waals surface area contributed by atoms with Crippen molar-refractivity contribution in [3.8, 4) is 11.8 Å². The van der Waals surface area contributed by atoms with E-state index < -0.39 is 0 Å². The van der Waals surface area contributed by atoms with Gasteiger partial charge in [-0.2, -0.15) is 0 Å². The van der Waals surface area contributed by atoms with Crippen molar-refractivity contribution in [1.29, 1.82) is 0 Å². The van der Waals surface area contributed by atoms with Gasteiger partial charge in [0.1, 0.15) is 0 Å². The molecular formula is C15H18N2O. The number of carbonyl (C=O) groups is 1. The molecule has 18 heavy (non-hydrogen) atoms. The van der Waals surface area contributed by atoms with Gasteiger partial charge in [-0.15, -0.1) is 0 Å². The van der Waals surface area contributed by atoms with E-state index in [2.05, 4.69) is 24.1 Å². The highest BCUT2D eigenvalue weighted by atomic mass is 16.1. The number of nitrogens with one attached hydrogen (secondary N) is 1. The zero-order chi connectivity index (χ0) is 13.0. The Morgan fingerprint density at radius 1 is 1.50 bits per heavy atom. The van der Waals surface area contributed by atoms with Gasteiger partial charge in [0.2, 0.25) is 0 Å². The highest BCUT2D eigenvalue weighted by Gasteiger charge is 2.26. The fraction of sp³-hybridized carbons (Fsp3) is 0.400. The summed E-state index contributed by atoms with van der Waals surface area (Å²) in [5.41, 5.74) is 6.82. The first-order valence-electron chi connectivity index (χ1n) is 6.29. The Kier molecular flexibility index (Phi) is 4.01. The van der Waals surface area contributed by atoms with Crippen LogP contribution < -0.4 is 11.1 Å². The summed E-state index contributed by atoms with van der Waals surface area (Å²) in [4.78, 5) is 12.0. The minimum atomic E-state index is -0.0108. The smallest absolute Gasteiger partial charge is 0.251 e. The van der Waals surface area contributed by atoms with Crippen molar-refractivity contribution in [1.82, 2.24) is 5.32 Å². The maximum absolute atomic E-state index is 12.0. The molecule has 0 atom stereocenters. The van der Waals surface area contributed by atoms with E-state index in [-0.39, 0.29) is 5.91 Å². The Morgan fingerprint density at radius 3 is 2.94 bits per heavy atom. The minimum Gasteiger partial charge on any atom is -0.349 e. The molecule has 0 saturated heterocycles. The van der Waals surface area contributed by atoms with Crippen LogP contribution in [0.25, 0.3) is 0 Å². The molecule has 1 amide bonds. The lowest BCUT2D eigenvalue weighted by molar-refractivity contribution is 0.0896. The second-order valence-corrected chi connectivity index (χ2v) is 4.83. The van der Waals surface area contributed by atoms with E-state index in [1.54, 1.807) is 6.07 Å². The lowest BCUT2D eigenvalue weighted by Crippen LogP contribution is -2.43. The standard InChI is InChI=1S/C15H18N2O/c1-11-8-14(9-11)17-15(18)13-6-2-4-12(10-13)5-3-7-16/h2,4,6,10-11,14H,7-9,16H2,1H3,(H,17,18). The zero-order valence-corrected chi connectivity index (χ0v) is 10.6. The van der Waals surface area contributed by atoms with E-state index in [0.717, 1.165) is 24.3 Å². The summed E-state index contributed by atoms with van der Waals surface area (Å²) in [5, 5.41) is 3.03. The van der Waals surface area contributed by atoms with E-state index in [1.165, 1.54) is 0 Å². The van der Waals surface area contributed by atoms with E-state index >= 15 is 0 Å². The second kappa shape index (κ2) is 5.70. The van der Waals surface area contributed by atoms with Gasteiger partial charge in [-0.05, 0) is 37.0 Å². The van der Waals surface area contributed by atoms with Crippen LogP contribution in [0.15, 0.2) is 24.3 Å². The Balaban J connectivity index is 2.01. The summed E-state index contributed by atoms with van der Waals surface area (Å²) >= 11 is 0. The van der Waals surface area contributed by atoms with E-state index in [4.69, 9.17) is 5.73 Å². The monoisotopic (exact) mass is 242 g/mol. The van der Waals surface area contributed by atoms with Crippen molar-refractivity contribution in [2.24, 2.45) is 11.7 Å². The third-order valence-corrected chi connectivity index (χ3v) is 3.17. The summed E-state index contributed by atoms with van der Waals surface area (Å²) in [6.07, 6.45) is 2.16. The lowest BCUT2D eigenvalue weighted by atomic mass is 9.82. The second-order valence-electron chi connectivity index (χ2n) is 4.83. The molecule has 3 heteroatoms. The van der Waals surface area contributed by atoms with E-state index in [9.17, 15) is 4.79 Å². The molecular weight excluding hydrogens is 224 g/mol. The molecule has 0 aliphatic heterocycles. The molecule has 1 aromatic carbocycles. The maximum atomic E-state index is 12.0. The summed E-state index contributed by atoms with van der Waals surface area (Å²) in [7, 11) is 0. The molecule has 0 radical (unpaired) electrons. The van der Waals surface area contributed by atoms with Crippen molar-refractivity contribution in [3.63, 3.8) is 0 Å². The molecule has 0 unspecified atom stereocenters. The summed E-state index contributed by atoms with van der Waals surface area (Å²) in [6.45, 7) is 2.53. The minimum absolute atomic E-state index is 0.0108. The SMILES string of the molecule is CC1CC(NC(=O)c2cccc(C#CCN)c2)C1. The summed E-state index contributed by atoms with van der Waals surface area (Å²) in [5.74, 6) is 6.44. The molecule has 2 rings (SSSR count). The van der Waals surface area contributed by atoms with Crippen LogP contribution in [0.5, 0.6) is 0 Å². The maximum Gasteiger partial charge on any atom is 0.251 e. The van der Waals surface area contributed by atoms with Crippen molar-refractivity contribution >= 4 is 5.91 Å². The highest BCUT2D eigenvalue weighted by Crippen LogP contribution is 2.26. The fourth-order valence-corrected chi connectivity index (χ4v) is 2.18. The van der Waals surface area contributed by atoms with Gasteiger partial charge in [-0.1, -0.05) is 24.8 Å². The topological polar surface area (TPSA) is 55.1 Å². The van der Waals surface area contributed by atoms with Gasteiger partial charge >= 0.3 is 0 Å². The fourth-order valence-electron chi connectivity index (χ4n) is 2.18. The van der Waals surface area contributed by atoms with Gasteiger partial charge in [0, 0.05) is 17.2 Å². The van der Waals surface area contributed by atoms with Crippen LogP contribution in [0, 0.1) is 17.8 Å². The highest BCUT2D eigenvalue weighted by molar-refractivity contribution is 5.94. The number of hydrogen-bond donors (Lipinski definition) is 2. The first-order chi connectivity index (χ1) is 8.69. The Bertz CT molecular complexity index is 493. The van der Waals surface area contributed by atoms with Crippen molar-refractivity contribution < 1.29 is 4.79 Å². The summed E-state index contributed by atoms with van der Waals surface area (Å²) in [6, 6.07) is 7.68. The van der Waals surface area contributed by atoms with Crippen LogP contribution in [0.4, 0.5) is 0 Å². The molecule has 1 aliphatic carbocycles. The molecule has 0 bridgehead atoms. The number of rotatable bonds is 2. The number of hydrogen-bond acceptors (Lipinski definition) is 2. The largest absolute Gasteiger partial charge is 0.349 e. The van der Waals surface area contributed by atoms with E-state index in [0.29, 0.717) is 18.2 Å². The number of carbonyl (C=O) groups excluding carboxylic acids is 1. The van der Waals surface area contributed by atoms with Gasteiger partial charge in [0.15, 0.2) is 0 Å². The van der Waals surface area contributed by atoms with Crippen molar-refractivity contribution in [2.75, 3.05) is 6.54 Å². The molecule has 1 saturated carbocycles. The lowest BCUT2D eigenvalue weighted by Gasteiger charge is -2.33. The molecule has 1 fully saturated rings. The molecule has 1 aromatic rings. The van der Waals surface area contributed by atoms with E-state index in [1.807, 2.05) is 18.2 Å². The van der Waals surface area contributed by atoms with Crippen LogP contribution in [0.1, 0.15) is 35.7 Å². The third-order valence-electron chi connectivity index (χ3n) is 3.17. The number of benzene rings is 1. The number of amides is 1. The van der Waals surface area contributed by atoms with Gasteiger partial charge < -0.3 is 11.1 Å². The Hall–Kier alpha value is -1.79. The molecule has 3 N–H and O–H groups in total. The zero-order valence-electron chi connectivity index (χ0n) is 10.6. The Labute approximate surface area is 108 Å².